The molecule has 0 spiro atoms. The molecule has 1 saturated carbocycles. The summed E-state index contributed by atoms with van der Waals surface area (Å²) in [4.78, 5) is 61.9. The number of nitrogens with zero attached hydrogens (tertiary/aromatic N) is 3. The summed E-state index contributed by atoms with van der Waals surface area (Å²) in [6.45, 7) is 12.6. The molecule has 2 aliphatic heterocycles. The standard InChI is InChI=1S/C44H71N3O7/c1-11-29(5)41(46(8)44(52)35(27(2)3)24-38(50)42-33-17-18-34(23-33)45(42)7)39(53-9)25-40(51)47-19-13-16-36(47)43(54-10)30(6)37(49)22-32(26-48)21-31-15-12-14-28(4)20-31/h12,14-15,20,27,29-30,32-36,39,41-43,48H,11,13,16-19,21-26H2,1-10H3/t29-,30-,32+,33-,34-,35-,36-,39+,41-,42-,43+/m0/s1. The molecule has 11 atom stereocenters. The molecule has 304 valence electrons. The number of likely N-dealkylation sites (N-methyl/N-ethyl adjacent to an activating group) is 2. The van der Waals surface area contributed by atoms with Crippen molar-refractivity contribution in [2.24, 2.45) is 35.5 Å². The second kappa shape index (κ2) is 20.0. The maximum atomic E-state index is 14.4. The van der Waals surface area contributed by atoms with Crippen molar-refractivity contribution >= 4 is 23.4 Å². The summed E-state index contributed by atoms with van der Waals surface area (Å²) >= 11 is 0. The van der Waals surface area contributed by atoms with Crippen molar-refractivity contribution in [3.05, 3.63) is 35.4 Å². The summed E-state index contributed by atoms with van der Waals surface area (Å²) in [7, 11) is 7.08. The largest absolute Gasteiger partial charge is 0.396 e. The van der Waals surface area contributed by atoms with Gasteiger partial charge in [-0.05, 0) is 81.7 Å². The zero-order chi connectivity index (χ0) is 39.9. The zero-order valence-corrected chi connectivity index (χ0v) is 35.0. The first-order valence-electron chi connectivity index (χ1n) is 20.7. The van der Waals surface area contributed by atoms with Gasteiger partial charge >= 0.3 is 0 Å². The summed E-state index contributed by atoms with van der Waals surface area (Å²) in [6, 6.07) is 7.87. The predicted molar refractivity (Wildman–Crippen MR) is 212 cm³/mol. The van der Waals surface area contributed by atoms with Crippen LogP contribution in [0.3, 0.4) is 0 Å². The van der Waals surface area contributed by atoms with Gasteiger partial charge in [-0.25, -0.2) is 0 Å². The van der Waals surface area contributed by atoms with Gasteiger partial charge in [0.25, 0.3) is 0 Å². The topological polar surface area (TPSA) is 117 Å². The highest BCUT2D eigenvalue weighted by Gasteiger charge is 2.48. The number of aliphatic hydroxyl groups excluding tert-OH is 1. The molecule has 0 unspecified atom stereocenters. The molecule has 10 nitrogen and oxygen atoms in total. The lowest BCUT2D eigenvalue weighted by atomic mass is 9.83. The average molecular weight is 754 g/mol. The summed E-state index contributed by atoms with van der Waals surface area (Å²) < 4.78 is 12.1. The molecule has 2 amide bonds. The van der Waals surface area contributed by atoms with Crippen molar-refractivity contribution in [1.29, 1.82) is 0 Å². The minimum Gasteiger partial charge on any atom is -0.396 e. The molecule has 4 rings (SSSR count). The average Bonchev–Trinajstić information content (AvgIpc) is 3.90. The molecular weight excluding hydrogens is 682 g/mol. The predicted octanol–water partition coefficient (Wildman–Crippen LogP) is 5.74. The number of fused-ring (bicyclic) bond motifs is 2. The first-order chi connectivity index (χ1) is 25.7. The van der Waals surface area contributed by atoms with Crippen molar-refractivity contribution in [3.63, 3.8) is 0 Å². The number of hydrogen-bond acceptors (Lipinski definition) is 8. The minimum atomic E-state index is -0.560. The Labute approximate surface area is 325 Å². The van der Waals surface area contributed by atoms with Gasteiger partial charge in [0, 0.05) is 65.1 Å². The summed E-state index contributed by atoms with van der Waals surface area (Å²) in [5.74, 6) is -0.689. The van der Waals surface area contributed by atoms with E-state index in [0.29, 0.717) is 24.9 Å². The Morgan fingerprint density at radius 2 is 1.72 bits per heavy atom. The molecule has 2 saturated heterocycles. The molecule has 1 aromatic carbocycles. The van der Waals surface area contributed by atoms with Gasteiger partial charge in [0.2, 0.25) is 11.8 Å². The van der Waals surface area contributed by atoms with Gasteiger partial charge in [0.1, 0.15) is 5.78 Å². The van der Waals surface area contributed by atoms with E-state index in [-0.39, 0.29) is 85.1 Å². The highest BCUT2D eigenvalue weighted by atomic mass is 16.5. The number of hydrogen-bond donors (Lipinski definition) is 1. The number of aliphatic hydroxyl groups is 1. The number of methoxy groups -OCH3 is 2. The Morgan fingerprint density at radius 3 is 2.30 bits per heavy atom. The third-order valence-electron chi connectivity index (χ3n) is 13.5. The van der Waals surface area contributed by atoms with Gasteiger partial charge in [-0.2, -0.15) is 0 Å². The SMILES string of the molecule is CC[C@H](C)[C@@H]([C@@H](CC(=O)N1CCC[C@H]1[C@H](OC)[C@@H](C)C(=O)C[C@H](CO)Cc1cccc(C)c1)OC)N(C)C(=O)[C@@H](CC(=O)[C@@H]1[C@H]2CC[C@@H](C2)N1C)C(C)C. The molecule has 1 aliphatic carbocycles. The fourth-order valence-corrected chi connectivity index (χ4v) is 10.1. The Balaban J connectivity index is 1.44. The first kappa shape index (κ1) is 44.1. The molecular formula is C44H71N3O7. The number of piperidine rings is 1. The normalized spacial score (nSPS) is 25.3. The van der Waals surface area contributed by atoms with Crippen molar-refractivity contribution in [3.8, 4) is 0 Å². The van der Waals surface area contributed by atoms with E-state index in [4.69, 9.17) is 9.47 Å². The van der Waals surface area contributed by atoms with E-state index < -0.39 is 24.0 Å². The van der Waals surface area contributed by atoms with Crippen LogP contribution in [0.2, 0.25) is 0 Å². The van der Waals surface area contributed by atoms with Crippen LogP contribution in [0.1, 0.15) is 104 Å². The van der Waals surface area contributed by atoms with E-state index in [2.05, 4.69) is 31.9 Å². The molecule has 0 aromatic heterocycles. The lowest BCUT2D eigenvalue weighted by Gasteiger charge is -2.41. The van der Waals surface area contributed by atoms with Crippen LogP contribution < -0.4 is 0 Å². The van der Waals surface area contributed by atoms with Crippen molar-refractivity contribution in [2.75, 3.05) is 41.5 Å². The smallest absolute Gasteiger partial charge is 0.226 e. The number of rotatable bonds is 21. The van der Waals surface area contributed by atoms with Crippen LogP contribution in [0, 0.1) is 42.4 Å². The lowest BCUT2D eigenvalue weighted by Crippen LogP contribution is -2.54. The van der Waals surface area contributed by atoms with Crippen molar-refractivity contribution in [2.45, 2.75) is 142 Å². The Bertz CT molecular complexity index is 1420. The van der Waals surface area contributed by atoms with Crippen LogP contribution in [0.15, 0.2) is 24.3 Å². The molecule has 10 heteroatoms. The van der Waals surface area contributed by atoms with Crippen molar-refractivity contribution < 1.29 is 33.8 Å². The molecule has 1 aromatic rings. The van der Waals surface area contributed by atoms with Crippen LogP contribution in [-0.4, -0.2) is 121 Å². The van der Waals surface area contributed by atoms with E-state index >= 15 is 0 Å². The molecule has 0 radical (unpaired) electrons. The molecule has 2 heterocycles. The Hall–Kier alpha value is -2.66. The molecule has 2 bridgehead atoms. The van der Waals surface area contributed by atoms with Gasteiger partial charge in [0.05, 0.1) is 36.8 Å². The number of amides is 2. The maximum absolute atomic E-state index is 14.4. The van der Waals surface area contributed by atoms with E-state index in [1.54, 1.807) is 19.1 Å². The summed E-state index contributed by atoms with van der Waals surface area (Å²) in [5, 5.41) is 10.2. The van der Waals surface area contributed by atoms with E-state index in [0.717, 1.165) is 49.7 Å². The van der Waals surface area contributed by atoms with Crippen LogP contribution in [0.4, 0.5) is 0 Å². The van der Waals surface area contributed by atoms with Crippen LogP contribution in [0.5, 0.6) is 0 Å². The quantitative estimate of drug-likeness (QED) is 0.169. The summed E-state index contributed by atoms with van der Waals surface area (Å²) in [5.41, 5.74) is 2.24. The molecule has 54 heavy (non-hydrogen) atoms. The number of ether oxygens (including phenoxy) is 2. The highest BCUT2D eigenvalue weighted by Crippen LogP contribution is 2.42. The fourth-order valence-electron chi connectivity index (χ4n) is 10.1. The number of carbonyl (C=O) groups excluding carboxylic acids is 4. The monoisotopic (exact) mass is 754 g/mol. The van der Waals surface area contributed by atoms with Gasteiger partial charge in [-0.15, -0.1) is 0 Å². The van der Waals surface area contributed by atoms with Gasteiger partial charge in [0.15, 0.2) is 5.78 Å². The second-order valence-electron chi connectivity index (χ2n) is 17.4. The molecule has 1 N–H and O–H groups in total. The zero-order valence-electron chi connectivity index (χ0n) is 35.0. The number of benzene rings is 1. The van der Waals surface area contributed by atoms with Crippen LogP contribution >= 0.6 is 0 Å². The van der Waals surface area contributed by atoms with Crippen molar-refractivity contribution in [1.82, 2.24) is 14.7 Å². The minimum absolute atomic E-state index is 0.0184. The second-order valence-corrected chi connectivity index (χ2v) is 17.4. The van der Waals surface area contributed by atoms with Gasteiger partial charge in [-0.1, -0.05) is 70.9 Å². The van der Waals surface area contributed by atoms with E-state index in [1.165, 1.54) is 0 Å². The Kier molecular flexibility index (Phi) is 16.3. The number of ketones is 2. The third-order valence-corrected chi connectivity index (χ3v) is 13.5. The van der Waals surface area contributed by atoms with Crippen LogP contribution in [0.25, 0.3) is 0 Å². The maximum Gasteiger partial charge on any atom is 0.226 e. The van der Waals surface area contributed by atoms with E-state index in [9.17, 15) is 24.3 Å². The van der Waals surface area contributed by atoms with E-state index in [1.807, 2.05) is 57.8 Å². The molecule has 3 aliphatic rings. The molecule has 3 fully saturated rings. The fraction of sp³-hybridized carbons (Fsp3) is 0.773. The van der Waals surface area contributed by atoms with Crippen LogP contribution in [-0.2, 0) is 35.1 Å². The van der Waals surface area contributed by atoms with Gasteiger partial charge in [-0.3, -0.25) is 24.1 Å². The third kappa shape index (κ3) is 10.2. The lowest BCUT2D eigenvalue weighted by molar-refractivity contribution is -0.149. The number of Topliss-reactive ketones (excluding diaryl/α,β-unsaturated/α-hetero) is 2. The Morgan fingerprint density at radius 1 is 1.00 bits per heavy atom. The number of aryl methyl sites for hydroxylation is 1. The number of likely N-dealkylation sites (tertiary alicyclic amines) is 2. The highest BCUT2D eigenvalue weighted by molar-refractivity contribution is 5.90. The van der Waals surface area contributed by atoms with Gasteiger partial charge < -0.3 is 24.4 Å². The summed E-state index contributed by atoms with van der Waals surface area (Å²) in [6.07, 6.45) is 5.72. The first-order valence-corrected chi connectivity index (χ1v) is 20.7. The number of carbonyl (C=O) groups is 4.